The van der Waals surface area contributed by atoms with Gasteiger partial charge in [-0.15, -0.1) is 0 Å². The number of phenolic OH excluding ortho intramolecular Hbond substituents is 2. The van der Waals surface area contributed by atoms with E-state index in [9.17, 15) is 15.0 Å². The second kappa shape index (κ2) is 6.83. The first-order chi connectivity index (χ1) is 11.6. The van der Waals surface area contributed by atoms with Gasteiger partial charge in [0.1, 0.15) is 29.4 Å². The van der Waals surface area contributed by atoms with Crippen LogP contribution < -0.4 is 4.74 Å². The highest BCUT2D eigenvalue weighted by Gasteiger charge is 2.28. The molecule has 5 heteroatoms. The monoisotopic (exact) mass is 327 g/mol. The quantitative estimate of drug-likeness (QED) is 0.904. The van der Waals surface area contributed by atoms with Crippen molar-refractivity contribution >= 4 is 5.91 Å². The van der Waals surface area contributed by atoms with Crippen LogP contribution >= 0.6 is 0 Å². The number of rotatable bonds is 4. The molecule has 0 spiro atoms. The number of phenols is 2. The SMILES string of the molecule is Cc1c(O)cc(O)c(C(=O)N2CCCC2)c1OCc1ccccc1. The molecule has 2 aromatic rings. The lowest BCUT2D eigenvalue weighted by atomic mass is 10.1. The molecule has 3 rings (SSSR count). The summed E-state index contributed by atoms with van der Waals surface area (Å²) < 4.78 is 5.83. The molecule has 0 radical (unpaired) electrons. The van der Waals surface area contributed by atoms with Crippen molar-refractivity contribution in [1.82, 2.24) is 4.90 Å². The van der Waals surface area contributed by atoms with Gasteiger partial charge in [-0.2, -0.15) is 0 Å². The average Bonchev–Trinajstić information content (AvgIpc) is 3.11. The molecule has 0 bridgehead atoms. The lowest BCUT2D eigenvalue weighted by Crippen LogP contribution is -2.28. The molecule has 0 unspecified atom stereocenters. The zero-order valence-electron chi connectivity index (χ0n) is 13.7. The number of aromatic hydroxyl groups is 2. The largest absolute Gasteiger partial charge is 0.507 e. The Kier molecular flexibility index (Phi) is 4.60. The van der Waals surface area contributed by atoms with E-state index in [0.717, 1.165) is 18.4 Å². The summed E-state index contributed by atoms with van der Waals surface area (Å²) >= 11 is 0. The third-order valence-electron chi connectivity index (χ3n) is 4.31. The van der Waals surface area contributed by atoms with Gasteiger partial charge in [0.25, 0.3) is 5.91 Å². The van der Waals surface area contributed by atoms with E-state index in [1.165, 1.54) is 6.07 Å². The Hall–Kier alpha value is -2.69. The summed E-state index contributed by atoms with van der Waals surface area (Å²) in [6.45, 7) is 3.29. The van der Waals surface area contributed by atoms with E-state index in [4.69, 9.17) is 4.74 Å². The van der Waals surface area contributed by atoms with Gasteiger partial charge in [0.05, 0.1) is 0 Å². The van der Waals surface area contributed by atoms with E-state index in [2.05, 4.69) is 0 Å². The Bertz CT molecular complexity index is 737. The van der Waals surface area contributed by atoms with E-state index < -0.39 is 0 Å². The minimum Gasteiger partial charge on any atom is -0.507 e. The van der Waals surface area contributed by atoms with Gasteiger partial charge in [-0.05, 0) is 25.3 Å². The van der Waals surface area contributed by atoms with Crippen molar-refractivity contribution in [3.63, 3.8) is 0 Å². The second-order valence-electron chi connectivity index (χ2n) is 6.02. The van der Waals surface area contributed by atoms with E-state index in [0.29, 0.717) is 18.7 Å². The van der Waals surface area contributed by atoms with Crippen LogP contribution in [0.25, 0.3) is 0 Å². The third-order valence-corrected chi connectivity index (χ3v) is 4.31. The van der Waals surface area contributed by atoms with Crippen LogP contribution in [0, 0.1) is 6.92 Å². The van der Waals surface area contributed by atoms with Gasteiger partial charge in [-0.3, -0.25) is 4.79 Å². The predicted octanol–water partition coefficient (Wildman–Crippen LogP) is 3.22. The third kappa shape index (κ3) is 3.15. The minimum atomic E-state index is -0.254. The molecule has 0 saturated carbocycles. The van der Waals surface area contributed by atoms with E-state index >= 15 is 0 Å². The van der Waals surface area contributed by atoms with Gasteiger partial charge in [0.2, 0.25) is 0 Å². The maximum Gasteiger partial charge on any atom is 0.261 e. The zero-order chi connectivity index (χ0) is 17.1. The lowest BCUT2D eigenvalue weighted by molar-refractivity contribution is 0.0784. The van der Waals surface area contributed by atoms with E-state index in [1.54, 1.807) is 11.8 Å². The molecule has 2 N–H and O–H groups in total. The zero-order valence-corrected chi connectivity index (χ0v) is 13.7. The van der Waals surface area contributed by atoms with Crippen molar-refractivity contribution in [2.24, 2.45) is 0 Å². The number of ether oxygens (including phenoxy) is 1. The molecule has 126 valence electrons. The summed E-state index contributed by atoms with van der Waals surface area (Å²) in [7, 11) is 0. The molecule has 5 nitrogen and oxygen atoms in total. The fourth-order valence-electron chi connectivity index (χ4n) is 2.93. The van der Waals surface area contributed by atoms with Crippen molar-refractivity contribution in [2.75, 3.05) is 13.1 Å². The van der Waals surface area contributed by atoms with Crippen molar-refractivity contribution in [2.45, 2.75) is 26.4 Å². The maximum atomic E-state index is 12.8. The van der Waals surface area contributed by atoms with Crippen LogP contribution in [0.1, 0.15) is 34.3 Å². The summed E-state index contributed by atoms with van der Waals surface area (Å²) in [6.07, 6.45) is 1.92. The molecule has 1 fully saturated rings. The summed E-state index contributed by atoms with van der Waals surface area (Å²) in [5, 5.41) is 20.2. The molecular weight excluding hydrogens is 306 g/mol. The lowest BCUT2D eigenvalue weighted by Gasteiger charge is -2.20. The Morgan fingerprint density at radius 2 is 1.79 bits per heavy atom. The first-order valence-electron chi connectivity index (χ1n) is 8.09. The molecule has 1 saturated heterocycles. The molecule has 0 atom stereocenters. The fraction of sp³-hybridized carbons (Fsp3) is 0.316. The van der Waals surface area contributed by atoms with Crippen molar-refractivity contribution < 1.29 is 19.7 Å². The van der Waals surface area contributed by atoms with Crippen LogP contribution in [-0.4, -0.2) is 34.1 Å². The molecule has 1 aliphatic rings. The second-order valence-corrected chi connectivity index (χ2v) is 6.02. The van der Waals surface area contributed by atoms with Crippen LogP contribution in [0.5, 0.6) is 17.2 Å². The highest BCUT2D eigenvalue weighted by Crippen LogP contribution is 2.39. The molecule has 1 amide bonds. The van der Waals surface area contributed by atoms with Crippen LogP contribution in [0.2, 0.25) is 0 Å². The number of hydrogen-bond donors (Lipinski definition) is 2. The van der Waals surface area contributed by atoms with E-state index in [1.807, 2.05) is 30.3 Å². The molecule has 1 heterocycles. The standard InChI is InChI=1S/C19H21NO4/c1-13-15(21)11-16(22)17(19(23)20-9-5-6-10-20)18(13)24-12-14-7-3-2-4-8-14/h2-4,7-8,11,21-22H,5-6,9-10,12H2,1H3. The Morgan fingerprint density at radius 3 is 2.46 bits per heavy atom. The molecule has 1 aliphatic heterocycles. The Morgan fingerprint density at radius 1 is 1.12 bits per heavy atom. The van der Waals surface area contributed by atoms with Crippen LogP contribution in [0.4, 0.5) is 0 Å². The number of benzene rings is 2. The van der Waals surface area contributed by atoms with Gasteiger partial charge in [0.15, 0.2) is 0 Å². The number of nitrogens with zero attached hydrogens (tertiary/aromatic N) is 1. The van der Waals surface area contributed by atoms with Crippen molar-refractivity contribution in [3.8, 4) is 17.2 Å². The molecule has 2 aromatic carbocycles. The summed E-state index contributed by atoms with van der Waals surface area (Å²) in [4.78, 5) is 14.5. The first kappa shape index (κ1) is 16.2. The highest BCUT2D eigenvalue weighted by molar-refractivity contribution is 6.00. The van der Waals surface area contributed by atoms with Crippen LogP contribution in [0.15, 0.2) is 36.4 Å². The molecule has 0 aliphatic carbocycles. The van der Waals surface area contributed by atoms with Gasteiger partial charge < -0.3 is 19.8 Å². The number of amides is 1. The number of carbonyl (C=O) groups is 1. The summed E-state index contributed by atoms with van der Waals surface area (Å²) in [5.74, 6) is -0.351. The Labute approximate surface area is 141 Å². The fourth-order valence-corrected chi connectivity index (χ4v) is 2.93. The van der Waals surface area contributed by atoms with Crippen molar-refractivity contribution in [3.05, 3.63) is 53.1 Å². The van der Waals surface area contributed by atoms with Gasteiger partial charge in [-0.25, -0.2) is 0 Å². The van der Waals surface area contributed by atoms with Gasteiger partial charge in [-0.1, -0.05) is 30.3 Å². The van der Waals surface area contributed by atoms with Crippen molar-refractivity contribution in [1.29, 1.82) is 0 Å². The number of carbonyl (C=O) groups excluding carboxylic acids is 1. The molecule has 0 aromatic heterocycles. The first-order valence-corrected chi connectivity index (χ1v) is 8.09. The maximum absolute atomic E-state index is 12.8. The average molecular weight is 327 g/mol. The van der Waals surface area contributed by atoms with Crippen LogP contribution in [0.3, 0.4) is 0 Å². The molecule has 24 heavy (non-hydrogen) atoms. The predicted molar refractivity (Wildman–Crippen MR) is 90.4 cm³/mol. The normalized spacial score (nSPS) is 14.0. The Balaban J connectivity index is 1.94. The smallest absolute Gasteiger partial charge is 0.261 e. The van der Waals surface area contributed by atoms with Crippen LogP contribution in [-0.2, 0) is 6.61 Å². The topological polar surface area (TPSA) is 70.0 Å². The highest BCUT2D eigenvalue weighted by atomic mass is 16.5. The summed E-state index contributed by atoms with van der Waals surface area (Å²) in [5.41, 5.74) is 1.52. The summed E-state index contributed by atoms with van der Waals surface area (Å²) in [6, 6.07) is 10.8. The molecular formula is C19H21NO4. The van der Waals surface area contributed by atoms with E-state index in [-0.39, 0.29) is 35.3 Å². The minimum absolute atomic E-state index is 0.0893. The van der Waals surface area contributed by atoms with Gasteiger partial charge >= 0.3 is 0 Å². The number of hydrogen-bond acceptors (Lipinski definition) is 4. The van der Waals surface area contributed by atoms with Gasteiger partial charge in [0, 0.05) is 24.7 Å². The number of likely N-dealkylation sites (tertiary alicyclic amines) is 1.